The summed E-state index contributed by atoms with van der Waals surface area (Å²) in [6.45, 7) is 9.86. The molecule has 5 nitrogen and oxygen atoms in total. The number of unbranched alkanes of at least 4 members (excludes halogenated alkanes) is 4. The number of carbonyl (C=O) groups is 2. The number of hydrogen-bond donors (Lipinski definition) is 2. The zero-order valence-electron chi connectivity index (χ0n) is 18.8. The standard InChI is InChI=1S/C23H43N3O2/c1-6-8-10-12-14-16-22(27)24-20(3)18-26(5)19-21(4)25-23(28)17-15-13-11-9-7-2/h12-15,20-21H,6-11,16-19H2,1-5H3,(H,24,27)(H,25,28)/b14-12+,15-13+. The van der Waals surface area contributed by atoms with Crippen LogP contribution in [0.3, 0.4) is 0 Å². The lowest BCUT2D eigenvalue weighted by Gasteiger charge is -2.25. The van der Waals surface area contributed by atoms with E-state index in [0.29, 0.717) is 12.8 Å². The highest BCUT2D eigenvalue weighted by molar-refractivity contribution is 5.78. The van der Waals surface area contributed by atoms with Gasteiger partial charge in [0, 0.05) is 38.0 Å². The lowest BCUT2D eigenvalue weighted by molar-refractivity contribution is -0.121. The minimum Gasteiger partial charge on any atom is -0.352 e. The Morgan fingerprint density at radius 1 is 0.786 bits per heavy atom. The maximum atomic E-state index is 12.0. The van der Waals surface area contributed by atoms with E-state index in [1.54, 1.807) is 0 Å². The molecular formula is C23H43N3O2. The fourth-order valence-electron chi connectivity index (χ4n) is 3.03. The maximum Gasteiger partial charge on any atom is 0.224 e. The summed E-state index contributed by atoms with van der Waals surface area (Å²) in [5.74, 6) is 0.120. The average molecular weight is 394 g/mol. The van der Waals surface area contributed by atoms with Gasteiger partial charge in [-0.1, -0.05) is 63.8 Å². The number of amides is 2. The van der Waals surface area contributed by atoms with E-state index in [0.717, 1.165) is 25.9 Å². The van der Waals surface area contributed by atoms with Gasteiger partial charge in [-0.3, -0.25) is 9.59 Å². The third-order valence-electron chi connectivity index (χ3n) is 4.37. The molecule has 0 aliphatic rings. The van der Waals surface area contributed by atoms with E-state index >= 15 is 0 Å². The zero-order chi connectivity index (χ0) is 21.2. The molecule has 0 aliphatic carbocycles. The molecule has 0 radical (unpaired) electrons. The van der Waals surface area contributed by atoms with Gasteiger partial charge in [-0.2, -0.15) is 0 Å². The van der Waals surface area contributed by atoms with Gasteiger partial charge in [-0.05, 0) is 33.7 Å². The number of nitrogens with zero attached hydrogens (tertiary/aromatic N) is 1. The van der Waals surface area contributed by atoms with Crippen molar-refractivity contribution in [2.75, 3.05) is 20.1 Å². The van der Waals surface area contributed by atoms with Crippen molar-refractivity contribution in [2.24, 2.45) is 0 Å². The summed E-state index contributed by atoms with van der Waals surface area (Å²) in [4.78, 5) is 26.1. The smallest absolute Gasteiger partial charge is 0.224 e. The Kier molecular flexibility index (Phi) is 16.5. The molecule has 0 aliphatic heterocycles. The minimum absolute atomic E-state index is 0.0601. The molecule has 0 saturated carbocycles. The van der Waals surface area contributed by atoms with Crippen LogP contribution in [0, 0.1) is 0 Å². The second-order valence-corrected chi connectivity index (χ2v) is 7.79. The van der Waals surface area contributed by atoms with E-state index in [1.807, 2.05) is 33.0 Å². The molecule has 2 amide bonds. The van der Waals surface area contributed by atoms with Gasteiger partial charge in [0.15, 0.2) is 0 Å². The Morgan fingerprint density at radius 2 is 1.18 bits per heavy atom. The molecule has 2 unspecified atom stereocenters. The summed E-state index contributed by atoms with van der Waals surface area (Å²) in [5.41, 5.74) is 0. The fraction of sp³-hybridized carbons (Fsp3) is 0.739. The third-order valence-corrected chi connectivity index (χ3v) is 4.37. The van der Waals surface area contributed by atoms with E-state index in [1.165, 1.54) is 25.7 Å². The van der Waals surface area contributed by atoms with E-state index < -0.39 is 0 Å². The molecule has 0 bridgehead atoms. The molecule has 0 aromatic rings. The Morgan fingerprint density at radius 3 is 1.54 bits per heavy atom. The van der Waals surface area contributed by atoms with E-state index in [-0.39, 0.29) is 23.9 Å². The largest absolute Gasteiger partial charge is 0.352 e. The van der Waals surface area contributed by atoms with Gasteiger partial charge < -0.3 is 15.5 Å². The van der Waals surface area contributed by atoms with Crippen molar-refractivity contribution < 1.29 is 9.59 Å². The zero-order valence-corrected chi connectivity index (χ0v) is 18.8. The molecular weight excluding hydrogens is 350 g/mol. The maximum absolute atomic E-state index is 12.0. The monoisotopic (exact) mass is 393 g/mol. The van der Waals surface area contributed by atoms with Gasteiger partial charge in [0.1, 0.15) is 0 Å². The molecule has 0 saturated heterocycles. The van der Waals surface area contributed by atoms with Crippen LogP contribution >= 0.6 is 0 Å². The van der Waals surface area contributed by atoms with Gasteiger partial charge in [0.05, 0.1) is 0 Å². The first-order valence-corrected chi connectivity index (χ1v) is 11.0. The second kappa shape index (κ2) is 17.5. The summed E-state index contributed by atoms with van der Waals surface area (Å²) in [6, 6.07) is 0.150. The first-order valence-electron chi connectivity index (χ1n) is 11.0. The number of rotatable bonds is 16. The third kappa shape index (κ3) is 16.5. The summed E-state index contributed by atoms with van der Waals surface area (Å²) in [7, 11) is 2.01. The van der Waals surface area contributed by atoms with Crippen LogP contribution in [0.1, 0.15) is 79.1 Å². The second-order valence-electron chi connectivity index (χ2n) is 7.79. The van der Waals surface area contributed by atoms with E-state index in [9.17, 15) is 9.59 Å². The van der Waals surface area contributed by atoms with Crippen LogP contribution in [0.2, 0.25) is 0 Å². The van der Waals surface area contributed by atoms with E-state index in [4.69, 9.17) is 0 Å². The van der Waals surface area contributed by atoms with Crippen molar-refractivity contribution in [3.05, 3.63) is 24.3 Å². The summed E-state index contributed by atoms with van der Waals surface area (Å²) < 4.78 is 0. The summed E-state index contributed by atoms with van der Waals surface area (Å²) in [5, 5.41) is 6.06. The molecule has 0 aromatic carbocycles. The van der Waals surface area contributed by atoms with Crippen LogP contribution in [0.15, 0.2) is 24.3 Å². The van der Waals surface area contributed by atoms with Crippen LogP contribution in [-0.2, 0) is 9.59 Å². The first-order chi connectivity index (χ1) is 13.4. The van der Waals surface area contributed by atoms with Crippen molar-refractivity contribution in [3.63, 3.8) is 0 Å². The minimum atomic E-state index is 0.0601. The SMILES string of the molecule is CCCC/C=C/CC(=O)NC(C)CN(C)CC(C)NC(=O)C/C=C/CCCC. The predicted molar refractivity (Wildman–Crippen MR) is 119 cm³/mol. The summed E-state index contributed by atoms with van der Waals surface area (Å²) in [6.07, 6.45) is 15.7. The Labute approximate surface area is 173 Å². The Bertz CT molecular complexity index is 432. The summed E-state index contributed by atoms with van der Waals surface area (Å²) >= 11 is 0. The highest BCUT2D eigenvalue weighted by Crippen LogP contribution is 1.99. The van der Waals surface area contributed by atoms with Gasteiger partial charge in [-0.25, -0.2) is 0 Å². The molecule has 0 spiro atoms. The molecule has 0 aromatic heterocycles. The van der Waals surface area contributed by atoms with Crippen molar-refractivity contribution in [2.45, 2.75) is 91.1 Å². The number of allylic oxidation sites excluding steroid dienone is 2. The van der Waals surface area contributed by atoms with Crippen molar-refractivity contribution in [3.8, 4) is 0 Å². The van der Waals surface area contributed by atoms with Gasteiger partial charge >= 0.3 is 0 Å². The highest BCUT2D eigenvalue weighted by atomic mass is 16.2. The van der Waals surface area contributed by atoms with Crippen LogP contribution in [0.4, 0.5) is 0 Å². The lowest BCUT2D eigenvalue weighted by Crippen LogP contribution is -2.45. The quantitative estimate of drug-likeness (QED) is 0.305. The molecule has 0 rings (SSSR count). The van der Waals surface area contributed by atoms with Gasteiger partial charge in [-0.15, -0.1) is 0 Å². The van der Waals surface area contributed by atoms with Crippen LogP contribution in [-0.4, -0.2) is 48.9 Å². The molecule has 2 N–H and O–H groups in total. The highest BCUT2D eigenvalue weighted by Gasteiger charge is 2.13. The van der Waals surface area contributed by atoms with Crippen LogP contribution in [0.5, 0.6) is 0 Å². The average Bonchev–Trinajstić information content (AvgIpc) is 2.60. The van der Waals surface area contributed by atoms with Crippen molar-refractivity contribution in [1.29, 1.82) is 0 Å². The first kappa shape index (κ1) is 26.4. The Hall–Kier alpha value is -1.62. The molecule has 2 atom stereocenters. The molecule has 5 heteroatoms. The number of hydrogen-bond acceptors (Lipinski definition) is 3. The Balaban J connectivity index is 3.99. The predicted octanol–water partition coefficient (Wildman–Crippen LogP) is 4.20. The van der Waals surface area contributed by atoms with Crippen LogP contribution in [0.25, 0.3) is 0 Å². The normalized spacial score (nSPS) is 13.9. The lowest BCUT2D eigenvalue weighted by atomic mass is 10.2. The van der Waals surface area contributed by atoms with E-state index in [2.05, 4.69) is 41.5 Å². The van der Waals surface area contributed by atoms with Crippen molar-refractivity contribution >= 4 is 11.8 Å². The number of carbonyl (C=O) groups excluding carboxylic acids is 2. The molecule has 28 heavy (non-hydrogen) atoms. The fourth-order valence-corrected chi connectivity index (χ4v) is 3.03. The van der Waals surface area contributed by atoms with Crippen LogP contribution < -0.4 is 10.6 Å². The topological polar surface area (TPSA) is 61.4 Å². The molecule has 0 heterocycles. The number of nitrogens with one attached hydrogen (secondary N) is 2. The van der Waals surface area contributed by atoms with Crippen molar-refractivity contribution in [1.82, 2.24) is 15.5 Å². The van der Waals surface area contributed by atoms with Gasteiger partial charge in [0.2, 0.25) is 11.8 Å². The molecule has 0 fully saturated rings. The molecule has 162 valence electrons. The number of likely N-dealkylation sites (N-methyl/N-ethyl adjacent to an activating group) is 1. The van der Waals surface area contributed by atoms with Gasteiger partial charge in [0.25, 0.3) is 0 Å².